The maximum absolute atomic E-state index is 6.13. The molecule has 0 aliphatic carbocycles. The van der Waals surface area contributed by atoms with Gasteiger partial charge in [-0.1, -0.05) is 46.2 Å². The van der Waals surface area contributed by atoms with Crippen LogP contribution in [0.3, 0.4) is 0 Å². The smallest absolute Gasteiger partial charge is 0.123 e. The molecule has 1 heterocycles. The highest BCUT2D eigenvalue weighted by Crippen LogP contribution is 2.32. The minimum Gasteiger partial charge on any atom is -0.493 e. The zero-order chi connectivity index (χ0) is 15.3. The van der Waals surface area contributed by atoms with Crippen molar-refractivity contribution >= 4 is 0 Å². The van der Waals surface area contributed by atoms with E-state index >= 15 is 0 Å². The Kier molecular flexibility index (Phi) is 5.69. The molecule has 1 aliphatic rings. The number of hydrogen-bond acceptors (Lipinski definition) is 2. The number of hydrogen-bond donors (Lipinski definition) is 1. The third-order valence-electron chi connectivity index (χ3n) is 4.40. The van der Waals surface area contributed by atoms with E-state index in [0.29, 0.717) is 6.04 Å². The Morgan fingerprint density at radius 1 is 1.24 bits per heavy atom. The van der Waals surface area contributed by atoms with Gasteiger partial charge in [-0.3, -0.25) is 0 Å². The summed E-state index contributed by atoms with van der Waals surface area (Å²) in [6.07, 6.45) is 6.17. The van der Waals surface area contributed by atoms with Gasteiger partial charge in [-0.25, -0.2) is 0 Å². The Balaban J connectivity index is 1.98. The number of aryl methyl sites for hydroxylation is 1. The van der Waals surface area contributed by atoms with Crippen molar-refractivity contribution in [3.05, 3.63) is 29.3 Å². The first-order valence-corrected chi connectivity index (χ1v) is 8.50. The fourth-order valence-corrected chi connectivity index (χ4v) is 2.99. The molecule has 1 N–H and O–H groups in total. The highest BCUT2D eigenvalue weighted by Gasteiger charge is 2.20. The van der Waals surface area contributed by atoms with Gasteiger partial charge in [0.2, 0.25) is 0 Å². The quantitative estimate of drug-likeness (QED) is 0.864. The van der Waals surface area contributed by atoms with Crippen LogP contribution < -0.4 is 10.1 Å². The molecular weight excluding hydrogens is 258 g/mol. The van der Waals surface area contributed by atoms with Gasteiger partial charge in [0, 0.05) is 6.04 Å². The summed E-state index contributed by atoms with van der Waals surface area (Å²) in [5.41, 5.74) is 2.85. The predicted octanol–water partition coefficient (Wildman–Crippen LogP) is 4.46. The normalized spacial score (nSPS) is 19.5. The molecule has 0 radical (unpaired) electrons. The molecular formula is C19H31NO. The van der Waals surface area contributed by atoms with E-state index in [1.807, 2.05) is 0 Å². The molecule has 0 amide bonds. The monoisotopic (exact) mass is 289 g/mol. The molecule has 0 bridgehead atoms. The minimum absolute atomic E-state index is 0.129. The van der Waals surface area contributed by atoms with Gasteiger partial charge in [-0.2, -0.15) is 0 Å². The molecule has 21 heavy (non-hydrogen) atoms. The van der Waals surface area contributed by atoms with E-state index in [-0.39, 0.29) is 5.41 Å². The van der Waals surface area contributed by atoms with Crippen molar-refractivity contribution in [1.82, 2.24) is 5.32 Å². The molecule has 0 spiro atoms. The largest absolute Gasteiger partial charge is 0.493 e. The second kappa shape index (κ2) is 7.31. The first kappa shape index (κ1) is 16.4. The van der Waals surface area contributed by atoms with Gasteiger partial charge in [0.05, 0.1) is 6.61 Å². The lowest BCUT2D eigenvalue weighted by Gasteiger charge is -2.26. The van der Waals surface area contributed by atoms with E-state index in [0.717, 1.165) is 25.2 Å². The zero-order valence-corrected chi connectivity index (χ0v) is 14.2. The molecule has 1 aliphatic heterocycles. The average Bonchev–Trinajstić information content (AvgIpc) is 2.47. The number of rotatable bonds is 5. The predicted molar refractivity (Wildman–Crippen MR) is 90.3 cm³/mol. The molecule has 1 saturated heterocycles. The van der Waals surface area contributed by atoms with E-state index < -0.39 is 0 Å². The Morgan fingerprint density at radius 3 is 2.67 bits per heavy atom. The Labute approximate surface area is 130 Å². The first-order valence-electron chi connectivity index (χ1n) is 8.50. The number of benzene rings is 1. The summed E-state index contributed by atoms with van der Waals surface area (Å²) in [7, 11) is 0. The van der Waals surface area contributed by atoms with Gasteiger partial charge in [-0.15, -0.1) is 0 Å². The topological polar surface area (TPSA) is 21.3 Å². The van der Waals surface area contributed by atoms with E-state index in [1.165, 1.54) is 36.9 Å². The van der Waals surface area contributed by atoms with Crippen LogP contribution in [0.2, 0.25) is 0 Å². The second-order valence-electron chi connectivity index (χ2n) is 7.22. The van der Waals surface area contributed by atoms with E-state index in [2.05, 4.69) is 51.2 Å². The molecule has 0 aromatic heterocycles. The lowest BCUT2D eigenvalue weighted by molar-refractivity contribution is 0.263. The fraction of sp³-hybridized carbons (Fsp3) is 0.684. The summed E-state index contributed by atoms with van der Waals surface area (Å²) < 4.78 is 6.13. The summed E-state index contributed by atoms with van der Waals surface area (Å²) in [5.74, 6) is 1.07. The molecule has 2 rings (SSSR count). The van der Waals surface area contributed by atoms with Crippen LogP contribution in [0.15, 0.2) is 18.2 Å². The van der Waals surface area contributed by atoms with Crippen molar-refractivity contribution in [3.8, 4) is 5.75 Å². The lowest BCUT2D eigenvalue weighted by Crippen LogP contribution is -2.35. The molecule has 1 fully saturated rings. The number of ether oxygens (including phenoxy) is 1. The van der Waals surface area contributed by atoms with Crippen molar-refractivity contribution in [3.63, 3.8) is 0 Å². The summed E-state index contributed by atoms with van der Waals surface area (Å²) in [5, 5.41) is 3.59. The molecule has 2 nitrogen and oxygen atoms in total. The van der Waals surface area contributed by atoms with Crippen molar-refractivity contribution < 1.29 is 4.74 Å². The van der Waals surface area contributed by atoms with Gasteiger partial charge in [-0.05, 0) is 54.8 Å². The van der Waals surface area contributed by atoms with E-state index in [4.69, 9.17) is 4.74 Å². The van der Waals surface area contributed by atoms with Crippen LogP contribution in [0.1, 0.15) is 64.5 Å². The van der Waals surface area contributed by atoms with Crippen LogP contribution in [-0.2, 0) is 11.8 Å². The molecule has 1 unspecified atom stereocenters. The van der Waals surface area contributed by atoms with Crippen LogP contribution in [0, 0.1) is 0 Å². The van der Waals surface area contributed by atoms with Crippen LogP contribution in [0.4, 0.5) is 0 Å². The summed E-state index contributed by atoms with van der Waals surface area (Å²) in [6.45, 7) is 11.0. The zero-order valence-electron chi connectivity index (χ0n) is 14.2. The second-order valence-corrected chi connectivity index (χ2v) is 7.22. The van der Waals surface area contributed by atoms with E-state index in [9.17, 15) is 0 Å². The number of nitrogens with one attached hydrogen (secondary N) is 1. The van der Waals surface area contributed by atoms with E-state index in [1.54, 1.807) is 0 Å². The highest BCUT2D eigenvalue weighted by atomic mass is 16.5. The molecule has 1 aromatic rings. The first-order chi connectivity index (χ1) is 10.0. The lowest BCUT2D eigenvalue weighted by atomic mass is 9.85. The van der Waals surface area contributed by atoms with Crippen LogP contribution in [-0.4, -0.2) is 19.2 Å². The standard InChI is InChI=1S/C19H31NO/c1-5-15-9-10-18(17(14-15)19(2,3)4)21-13-11-16-8-6-7-12-20-16/h9-10,14,16,20H,5-8,11-13H2,1-4H3. The van der Waals surface area contributed by atoms with Gasteiger partial charge >= 0.3 is 0 Å². The maximum atomic E-state index is 6.13. The Morgan fingerprint density at radius 2 is 2.05 bits per heavy atom. The highest BCUT2D eigenvalue weighted by molar-refractivity contribution is 5.41. The summed E-state index contributed by atoms with van der Waals surface area (Å²) in [4.78, 5) is 0. The van der Waals surface area contributed by atoms with Crippen LogP contribution in [0.5, 0.6) is 5.75 Å². The van der Waals surface area contributed by atoms with Crippen LogP contribution >= 0.6 is 0 Å². The number of piperidine rings is 1. The SMILES string of the molecule is CCc1ccc(OCCC2CCCCN2)c(C(C)(C)C)c1. The summed E-state index contributed by atoms with van der Waals surface area (Å²) >= 11 is 0. The molecule has 2 heteroatoms. The van der Waals surface area contributed by atoms with Crippen molar-refractivity contribution in [1.29, 1.82) is 0 Å². The fourth-order valence-electron chi connectivity index (χ4n) is 2.99. The van der Waals surface area contributed by atoms with Gasteiger partial charge in [0.25, 0.3) is 0 Å². The Hall–Kier alpha value is -1.02. The Bertz CT molecular complexity index is 441. The molecule has 1 atom stereocenters. The summed E-state index contributed by atoms with van der Waals surface area (Å²) in [6, 6.07) is 7.32. The molecule has 118 valence electrons. The minimum atomic E-state index is 0.129. The van der Waals surface area contributed by atoms with Gasteiger partial charge in [0.1, 0.15) is 5.75 Å². The van der Waals surface area contributed by atoms with Crippen molar-refractivity contribution in [2.45, 2.75) is 71.3 Å². The third-order valence-corrected chi connectivity index (χ3v) is 4.40. The van der Waals surface area contributed by atoms with Crippen LogP contribution in [0.25, 0.3) is 0 Å². The molecule has 1 aromatic carbocycles. The molecule has 0 saturated carbocycles. The van der Waals surface area contributed by atoms with Crippen molar-refractivity contribution in [2.24, 2.45) is 0 Å². The van der Waals surface area contributed by atoms with Gasteiger partial charge < -0.3 is 10.1 Å². The van der Waals surface area contributed by atoms with Crippen molar-refractivity contribution in [2.75, 3.05) is 13.2 Å². The van der Waals surface area contributed by atoms with Gasteiger partial charge in [0.15, 0.2) is 0 Å². The maximum Gasteiger partial charge on any atom is 0.123 e. The average molecular weight is 289 g/mol. The third kappa shape index (κ3) is 4.74.